The average Bonchev–Trinajstić information content (AvgIpc) is 2.86. The van der Waals surface area contributed by atoms with E-state index in [4.69, 9.17) is 9.47 Å². The van der Waals surface area contributed by atoms with E-state index in [9.17, 15) is 16.8 Å². The van der Waals surface area contributed by atoms with Gasteiger partial charge in [-0.25, -0.2) is 16.8 Å². The van der Waals surface area contributed by atoms with E-state index >= 15 is 0 Å². The Balaban J connectivity index is 1.72. The molecule has 0 aromatic heterocycles. The van der Waals surface area contributed by atoms with Gasteiger partial charge >= 0.3 is 0 Å². The van der Waals surface area contributed by atoms with Gasteiger partial charge in [0.25, 0.3) is 0 Å². The molecule has 0 radical (unpaired) electrons. The van der Waals surface area contributed by atoms with Crippen LogP contribution in [0.25, 0.3) is 0 Å². The van der Waals surface area contributed by atoms with Crippen LogP contribution in [0.3, 0.4) is 0 Å². The molecule has 9 heteroatoms. The Bertz CT molecular complexity index is 579. The third-order valence-electron chi connectivity index (χ3n) is 4.48. The van der Waals surface area contributed by atoms with Crippen molar-refractivity contribution in [1.82, 2.24) is 4.31 Å². The molecule has 21 heavy (non-hydrogen) atoms. The molecule has 0 saturated carbocycles. The maximum Gasteiger partial charge on any atom is 0.217 e. The highest BCUT2D eigenvalue weighted by Crippen LogP contribution is 2.33. The molecule has 0 amide bonds. The van der Waals surface area contributed by atoms with Gasteiger partial charge in [0.2, 0.25) is 10.0 Å². The fraction of sp³-hybridized carbons (Fsp3) is 1.00. The maximum absolute atomic E-state index is 12.7. The van der Waals surface area contributed by atoms with Gasteiger partial charge in [-0.05, 0) is 19.3 Å². The fourth-order valence-corrected chi connectivity index (χ4v) is 7.08. The van der Waals surface area contributed by atoms with Gasteiger partial charge in [0, 0.05) is 13.0 Å². The van der Waals surface area contributed by atoms with Crippen molar-refractivity contribution in [2.24, 2.45) is 0 Å². The van der Waals surface area contributed by atoms with Crippen molar-refractivity contribution in [3.63, 3.8) is 0 Å². The Hall–Kier alpha value is -0.220. The zero-order valence-corrected chi connectivity index (χ0v) is 13.5. The van der Waals surface area contributed by atoms with Crippen molar-refractivity contribution in [3.05, 3.63) is 0 Å². The van der Waals surface area contributed by atoms with E-state index in [1.807, 2.05) is 0 Å². The molecule has 0 aromatic rings. The third kappa shape index (κ3) is 3.12. The summed E-state index contributed by atoms with van der Waals surface area (Å²) in [4.78, 5) is 0. The van der Waals surface area contributed by atoms with Crippen LogP contribution >= 0.6 is 0 Å². The quantitative estimate of drug-likeness (QED) is 0.688. The van der Waals surface area contributed by atoms with Crippen LogP contribution in [0, 0.1) is 0 Å². The minimum Gasteiger partial charge on any atom is -0.346 e. The fourth-order valence-electron chi connectivity index (χ4n) is 3.28. The predicted octanol–water partition coefficient (Wildman–Crippen LogP) is -0.268. The summed E-state index contributed by atoms with van der Waals surface area (Å²) in [6.07, 6.45) is 1.79. The minimum absolute atomic E-state index is 0.0388. The van der Waals surface area contributed by atoms with Gasteiger partial charge in [-0.2, -0.15) is 4.31 Å². The van der Waals surface area contributed by atoms with Crippen LogP contribution < -0.4 is 0 Å². The summed E-state index contributed by atoms with van der Waals surface area (Å²) < 4.78 is 61.0. The summed E-state index contributed by atoms with van der Waals surface area (Å²) in [5.41, 5.74) is 0. The zero-order chi connectivity index (χ0) is 15.1. The summed E-state index contributed by atoms with van der Waals surface area (Å²) >= 11 is 0. The molecule has 3 saturated heterocycles. The third-order valence-corrected chi connectivity index (χ3v) is 8.54. The lowest BCUT2D eigenvalue weighted by atomic mass is 10.1. The highest BCUT2D eigenvalue weighted by atomic mass is 32.2. The van der Waals surface area contributed by atoms with E-state index in [1.54, 1.807) is 0 Å². The number of nitrogens with zero attached hydrogens (tertiary/aromatic N) is 1. The molecule has 3 heterocycles. The van der Waals surface area contributed by atoms with Gasteiger partial charge < -0.3 is 9.47 Å². The number of hydrogen-bond donors (Lipinski definition) is 0. The first-order valence-electron chi connectivity index (χ1n) is 7.30. The first-order valence-corrected chi connectivity index (χ1v) is 10.6. The smallest absolute Gasteiger partial charge is 0.217 e. The second-order valence-corrected chi connectivity index (χ2v) is 10.5. The average molecular weight is 339 g/mol. The topological polar surface area (TPSA) is 90.0 Å². The first-order chi connectivity index (χ1) is 9.83. The van der Waals surface area contributed by atoms with Gasteiger partial charge in [0.15, 0.2) is 5.79 Å². The Morgan fingerprint density at radius 3 is 2.33 bits per heavy atom. The van der Waals surface area contributed by atoms with Crippen molar-refractivity contribution in [2.45, 2.75) is 36.7 Å². The Morgan fingerprint density at radius 2 is 1.71 bits per heavy atom. The Morgan fingerprint density at radius 1 is 1.10 bits per heavy atom. The number of ether oxygens (including phenoxy) is 2. The van der Waals surface area contributed by atoms with Crippen molar-refractivity contribution < 1.29 is 26.3 Å². The summed E-state index contributed by atoms with van der Waals surface area (Å²) in [7, 11) is -6.55. The van der Waals surface area contributed by atoms with Gasteiger partial charge in [0.05, 0.1) is 36.5 Å². The van der Waals surface area contributed by atoms with Crippen molar-refractivity contribution in [2.75, 3.05) is 37.8 Å². The first kappa shape index (κ1) is 15.7. The summed E-state index contributed by atoms with van der Waals surface area (Å²) in [5, 5.41) is -0.599. The lowest BCUT2D eigenvalue weighted by Gasteiger charge is -2.39. The summed E-state index contributed by atoms with van der Waals surface area (Å²) in [5.74, 6) is -0.863. The molecular formula is C12H21NO6S2. The second-order valence-electron chi connectivity index (χ2n) is 5.94. The van der Waals surface area contributed by atoms with Gasteiger partial charge in [0.1, 0.15) is 9.84 Å². The molecule has 3 aliphatic heterocycles. The molecule has 0 bridgehead atoms. The molecule has 0 atom stereocenters. The van der Waals surface area contributed by atoms with E-state index in [0.29, 0.717) is 32.6 Å². The number of piperidine rings is 1. The number of sulfone groups is 1. The van der Waals surface area contributed by atoms with Crippen LogP contribution in [0.1, 0.15) is 25.7 Å². The predicted molar refractivity (Wildman–Crippen MR) is 76.0 cm³/mol. The van der Waals surface area contributed by atoms with Crippen LogP contribution in [-0.2, 0) is 29.3 Å². The Labute approximate surface area is 125 Å². The highest BCUT2D eigenvalue weighted by Gasteiger charge is 2.46. The van der Waals surface area contributed by atoms with Crippen LogP contribution in [0.2, 0.25) is 0 Å². The monoisotopic (exact) mass is 339 g/mol. The van der Waals surface area contributed by atoms with E-state index in [2.05, 4.69) is 0 Å². The standard InChI is InChI=1S/C12H21NO6S2/c14-20(15)8-2-11(3-9-20)21(16,17)13-5-1-4-12(10-13)18-6-7-19-12/h11H,1-10H2. The largest absolute Gasteiger partial charge is 0.346 e. The van der Waals surface area contributed by atoms with Crippen molar-refractivity contribution >= 4 is 19.9 Å². The molecule has 3 aliphatic rings. The normalized spacial score (nSPS) is 30.7. The van der Waals surface area contributed by atoms with E-state index < -0.39 is 30.9 Å². The number of rotatable bonds is 2. The van der Waals surface area contributed by atoms with Gasteiger partial charge in [-0.1, -0.05) is 0 Å². The van der Waals surface area contributed by atoms with Gasteiger partial charge in [-0.3, -0.25) is 0 Å². The lowest BCUT2D eigenvalue weighted by Crippen LogP contribution is -2.53. The molecular weight excluding hydrogens is 318 g/mol. The van der Waals surface area contributed by atoms with Crippen molar-refractivity contribution in [1.29, 1.82) is 0 Å². The molecule has 3 fully saturated rings. The minimum atomic E-state index is -3.49. The van der Waals surface area contributed by atoms with Crippen LogP contribution in [0.15, 0.2) is 0 Å². The van der Waals surface area contributed by atoms with Gasteiger partial charge in [-0.15, -0.1) is 0 Å². The number of sulfonamides is 1. The summed E-state index contributed by atoms with van der Waals surface area (Å²) in [6, 6.07) is 0. The van der Waals surface area contributed by atoms with Crippen LogP contribution in [0.4, 0.5) is 0 Å². The molecule has 0 unspecified atom stereocenters. The SMILES string of the molecule is O=S1(=O)CCC(S(=O)(=O)N2CCCC3(C2)OCCO3)CC1. The van der Waals surface area contributed by atoms with E-state index in [-0.39, 0.29) is 30.9 Å². The summed E-state index contributed by atoms with van der Waals surface area (Å²) in [6.45, 7) is 1.67. The van der Waals surface area contributed by atoms with Crippen LogP contribution in [-0.4, -0.2) is 70.0 Å². The molecule has 3 rings (SSSR count). The molecule has 0 aromatic carbocycles. The molecule has 7 nitrogen and oxygen atoms in total. The van der Waals surface area contributed by atoms with Crippen molar-refractivity contribution in [3.8, 4) is 0 Å². The Kier molecular flexibility index (Phi) is 4.07. The van der Waals surface area contributed by atoms with Crippen LogP contribution in [0.5, 0.6) is 0 Å². The lowest BCUT2D eigenvalue weighted by molar-refractivity contribution is -0.179. The second kappa shape index (κ2) is 5.45. The molecule has 0 aliphatic carbocycles. The number of hydrogen-bond acceptors (Lipinski definition) is 6. The maximum atomic E-state index is 12.7. The van der Waals surface area contributed by atoms with E-state index in [0.717, 1.165) is 0 Å². The molecule has 0 N–H and O–H groups in total. The molecule has 1 spiro atoms. The highest BCUT2D eigenvalue weighted by molar-refractivity contribution is 7.92. The molecule has 122 valence electrons. The van der Waals surface area contributed by atoms with E-state index in [1.165, 1.54) is 4.31 Å². The zero-order valence-electron chi connectivity index (χ0n) is 11.9.